The summed E-state index contributed by atoms with van der Waals surface area (Å²) in [7, 11) is 0. The monoisotopic (exact) mass is 285 g/mol. The van der Waals surface area contributed by atoms with Gasteiger partial charge in [-0.15, -0.1) is 0 Å². The van der Waals surface area contributed by atoms with Gasteiger partial charge in [-0.05, 0) is 41.5 Å². The van der Waals surface area contributed by atoms with Crippen molar-refractivity contribution in [3.05, 3.63) is 0 Å². The second-order valence-electron chi connectivity index (χ2n) is 7.13. The summed E-state index contributed by atoms with van der Waals surface area (Å²) in [5.74, 6) is -0.157. The van der Waals surface area contributed by atoms with Crippen molar-refractivity contribution < 1.29 is 14.3 Å². The maximum atomic E-state index is 12.3. The van der Waals surface area contributed by atoms with Crippen LogP contribution in [0.25, 0.3) is 0 Å². The highest BCUT2D eigenvalue weighted by atomic mass is 16.6. The molecule has 0 radical (unpaired) electrons. The predicted molar refractivity (Wildman–Crippen MR) is 77.5 cm³/mol. The van der Waals surface area contributed by atoms with Crippen molar-refractivity contribution in [2.75, 3.05) is 19.6 Å². The van der Waals surface area contributed by atoms with E-state index >= 15 is 0 Å². The maximum Gasteiger partial charge on any atom is 0.411 e. The van der Waals surface area contributed by atoms with E-state index in [4.69, 9.17) is 4.74 Å². The summed E-state index contributed by atoms with van der Waals surface area (Å²) in [6.45, 7) is 12.8. The summed E-state index contributed by atoms with van der Waals surface area (Å²) >= 11 is 0. The van der Waals surface area contributed by atoms with E-state index in [0.717, 1.165) is 0 Å². The van der Waals surface area contributed by atoms with Crippen molar-refractivity contribution in [3.8, 4) is 0 Å². The van der Waals surface area contributed by atoms with Gasteiger partial charge in [-0.25, -0.2) is 4.79 Å². The summed E-state index contributed by atoms with van der Waals surface area (Å²) in [4.78, 5) is 26.0. The average molecular weight is 285 g/mol. The Morgan fingerprint density at radius 1 is 1.20 bits per heavy atom. The van der Waals surface area contributed by atoms with Crippen LogP contribution in [0.1, 0.15) is 41.5 Å². The van der Waals surface area contributed by atoms with Gasteiger partial charge < -0.3 is 15.4 Å². The lowest BCUT2D eigenvalue weighted by Gasteiger charge is -2.37. The molecule has 0 unspecified atom stereocenters. The summed E-state index contributed by atoms with van der Waals surface area (Å²) in [6.07, 6.45) is -0.437. The smallest absolute Gasteiger partial charge is 0.411 e. The molecule has 0 aromatic carbocycles. The van der Waals surface area contributed by atoms with E-state index in [2.05, 4.69) is 10.6 Å². The molecule has 0 saturated carbocycles. The van der Waals surface area contributed by atoms with E-state index in [-0.39, 0.29) is 11.4 Å². The number of carbonyl (C=O) groups excluding carboxylic acids is 2. The lowest BCUT2D eigenvalue weighted by molar-refractivity contribution is -0.128. The van der Waals surface area contributed by atoms with Crippen LogP contribution in [0.3, 0.4) is 0 Å². The molecule has 0 bridgehead atoms. The molecule has 20 heavy (non-hydrogen) atoms. The Morgan fingerprint density at radius 3 is 2.30 bits per heavy atom. The van der Waals surface area contributed by atoms with Crippen LogP contribution in [0, 0.1) is 0 Å². The molecule has 116 valence electrons. The van der Waals surface area contributed by atoms with Gasteiger partial charge in [0.05, 0.1) is 0 Å². The number of nitrogens with one attached hydrogen (secondary N) is 2. The first-order valence-electron chi connectivity index (χ1n) is 7.02. The van der Waals surface area contributed by atoms with Gasteiger partial charge in [0, 0.05) is 25.2 Å². The molecular weight excluding hydrogens is 258 g/mol. The number of hydrogen-bond donors (Lipinski definition) is 2. The van der Waals surface area contributed by atoms with Crippen molar-refractivity contribution in [1.29, 1.82) is 0 Å². The molecule has 0 aliphatic carbocycles. The maximum absolute atomic E-state index is 12.3. The molecular formula is C14H27N3O3. The molecule has 6 heteroatoms. The Bertz CT molecular complexity index is 333. The first-order chi connectivity index (χ1) is 8.99. The van der Waals surface area contributed by atoms with Crippen LogP contribution >= 0.6 is 0 Å². The Kier molecular flexibility index (Phi) is 5.02. The summed E-state index contributed by atoms with van der Waals surface area (Å²) < 4.78 is 5.37. The van der Waals surface area contributed by atoms with Gasteiger partial charge in [-0.1, -0.05) is 0 Å². The third-order valence-corrected chi connectivity index (χ3v) is 2.67. The van der Waals surface area contributed by atoms with Crippen LogP contribution in [0.2, 0.25) is 0 Å². The minimum Gasteiger partial charge on any atom is -0.444 e. The first kappa shape index (κ1) is 16.8. The number of nitrogens with zero attached hydrogens (tertiary/aromatic N) is 1. The quantitative estimate of drug-likeness (QED) is 0.757. The highest BCUT2D eigenvalue weighted by molar-refractivity contribution is 5.86. The molecule has 0 aromatic heterocycles. The van der Waals surface area contributed by atoms with Crippen molar-refractivity contribution in [2.45, 2.75) is 58.7 Å². The highest BCUT2D eigenvalue weighted by Crippen LogP contribution is 2.14. The normalized spacial score (nSPS) is 20.5. The van der Waals surface area contributed by atoms with Gasteiger partial charge >= 0.3 is 6.09 Å². The molecule has 0 spiro atoms. The van der Waals surface area contributed by atoms with Crippen LogP contribution in [-0.4, -0.2) is 53.7 Å². The minimum absolute atomic E-state index is 0.157. The number of hydrogen-bond acceptors (Lipinski definition) is 4. The molecule has 2 amide bonds. The van der Waals surface area contributed by atoms with Gasteiger partial charge in [-0.3, -0.25) is 9.69 Å². The van der Waals surface area contributed by atoms with E-state index in [1.54, 1.807) is 0 Å². The largest absolute Gasteiger partial charge is 0.444 e. The molecule has 1 saturated heterocycles. The average Bonchev–Trinajstić information content (AvgIpc) is 2.24. The SMILES string of the molecule is CC(C)(C)NC(=O)[C@H]1CNCCN1C(=O)OC(C)(C)C. The van der Waals surface area contributed by atoms with E-state index < -0.39 is 17.7 Å². The van der Waals surface area contributed by atoms with Crippen LogP contribution in [0.5, 0.6) is 0 Å². The standard InChI is InChI=1S/C14H27N3O3/c1-13(2,3)16-11(18)10-9-15-7-8-17(10)12(19)20-14(4,5)6/h10,15H,7-9H2,1-6H3,(H,16,18)/t10-/m1/s1. The van der Waals surface area contributed by atoms with Gasteiger partial charge in [0.2, 0.25) is 5.91 Å². The number of carbonyl (C=O) groups is 2. The lowest BCUT2D eigenvalue weighted by Crippen LogP contribution is -2.62. The molecule has 1 aliphatic heterocycles. The van der Waals surface area contributed by atoms with E-state index in [1.807, 2.05) is 41.5 Å². The van der Waals surface area contributed by atoms with Crippen LogP contribution in [-0.2, 0) is 9.53 Å². The van der Waals surface area contributed by atoms with Crippen LogP contribution < -0.4 is 10.6 Å². The number of piperazine rings is 1. The van der Waals surface area contributed by atoms with Crippen molar-refractivity contribution in [3.63, 3.8) is 0 Å². The summed E-state index contributed by atoms with van der Waals surface area (Å²) in [5.41, 5.74) is -0.888. The topological polar surface area (TPSA) is 70.7 Å². The number of ether oxygens (including phenoxy) is 1. The highest BCUT2D eigenvalue weighted by Gasteiger charge is 2.35. The van der Waals surface area contributed by atoms with Crippen LogP contribution in [0.4, 0.5) is 4.79 Å². The summed E-state index contributed by atoms with van der Waals surface area (Å²) in [6, 6.07) is -0.530. The van der Waals surface area contributed by atoms with Gasteiger partial charge in [0.1, 0.15) is 11.6 Å². The summed E-state index contributed by atoms with van der Waals surface area (Å²) in [5, 5.41) is 6.05. The Hall–Kier alpha value is -1.30. The predicted octanol–water partition coefficient (Wildman–Crippen LogP) is 1.11. The fourth-order valence-corrected chi connectivity index (χ4v) is 1.93. The first-order valence-corrected chi connectivity index (χ1v) is 7.02. The molecule has 1 fully saturated rings. The molecule has 1 rings (SSSR count). The number of amides is 2. The molecule has 2 N–H and O–H groups in total. The lowest BCUT2D eigenvalue weighted by atomic mass is 10.1. The van der Waals surface area contributed by atoms with Gasteiger partial charge in [-0.2, -0.15) is 0 Å². The van der Waals surface area contributed by atoms with Crippen molar-refractivity contribution in [1.82, 2.24) is 15.5 Å². The Morgan fingerprint density at radius 2 is 1.80 bits per heavy atom. The van der Waals surface area contributed by atoms with Crippen LogP contribution in [0.15, 0.2) is 0 Å². The minimum atomic E-state index is -0.562. The fourth-order valence-electron chi connectivity index (χ4n) is 1.93. The zero-order valence-electron chi connectivity index (χ0n) is 13.4. The molecule has 1 aliphatic rings. The molecule has 6 nitrogen and oxygen atoms in total. The Labute approximate surface area is 121 Å². The van der Waals surface area contributed by atoms with Crippen molar-refractivity contribution in [2.24, 2.45) is 0 Å². The van der Waals surface area contributed by atoms with E-state index in [0.29, 0.717) is 19.6 Å². The Balaban J connectivity index is 2.76. The number of rotatable bonds is 1. The molecule has 1 atom stereocenters. The second-order valence-corrected chi connectivity index (χ2v) is 7.13. The van der Waals surface area contributed by atoms with E-state index in [1.165, 1.54) is 4.90 Å². The second kappa shape index (κ2) is 5.99. The molecule has 1 heterocycles. The van der Waals surface area contributed by atoms with E-state index in [9.17, 15) is 9.59 Å². The third kappa shape index (κ3) is 5.36. The third-order valence-electron chi connectivity index (χ3n) is 2.67. The van der Waals surface area contributed by atoms with Gasteiger partial charge in [0.15, 0.2) is 0 Å². The van der Waals surface area contributed by atoms with Gasteiger partial charge in [0.25, 0.3) is 0 Å². The fraction of sp³-hybridized carbons (Fsp3) is 0.857. The van der Waals surface area contributed by atoms with Crippen molar-refractivity contribution >= 4 is 12.0 Å². The molecule has 0 aromatic rings. The zero-order valence-corrected chi connectivity index (χ0v) is 13.4. The zero-order chi connectivity index (χ0) is 15.6.